The third kappa shape index (κ3) is 4.33. The number of hydrogen-bond acceptors (Lipinski definition) is 8. The van der Waals surface area contributed by atoms with Gasteiger partial charge in [0.15, 0.2) is 12.2 Å². The highest BCUT2D eigenvalue weighted by molar-refractivity contribution is 6.32. The van der Waals surface area contributed by atoms with Crippen LogP contribution in [0.4, 0.5) is 0 Å². The lowest BCUT2D eigenvalue weighted by Gasteiger charge is -2.18. The number of fused-ring (bicyclic) bond motifs is 1. The fourth-order valence-electron chi connectivity index (χ4n) is 2.41. The second-order valence-corrected chi connectivity index (χ2v) is 6.07. The highest BCUT2D eigenvalue weighted by Crippen LogP contribution is 2.36. The Labute approximate surface area is 159 Å². The Kier molecular flexibility index (Phi) is 6.32. The van der Waals surface area contributed by atoms with Gasteiger partial charge in [0.1, 0.15) is 22.1 Å². The van der Waals surface area contributed by atoms with Gasteiger partial charge in [-0.05, 0) is 26.3 Å². The Bertz CT molecular complexity index is 933. The number of esters is 2. The molecule has 0 aliphatic carbocycles. The number of benzene rings is 1. The third-order valence-electron chi connectivity index (χ3n) is 3.81. The summed E-state index contributed by atoms with van der Waals surface area (Å²) in [7, 11) is 2.47. The standard InChI is InChI=1S/C18H19ClO8/c1-8-14-12(26-10(3)17(21)24-5)6-11(25-9(2)16(20)23-4)7-13(14)27-18(22)15(8)19/h6-7,9-10H,1-5H3/t9-,10-/m0/s1. The maximum Gasteiger partial charge on any atom is 0.355 e. The largest absolute Gasteiger partial charge is 0.479 e. The summed E-state index contributed by atoms with van der Waals surface area (Å²) >= 11 is 5.99. The van der Waals surface area contributed by atoms with Gasteiger partial charge < -0.3 is 23.4 Å². The molecule has 1 heterocycles. The zero-order valence-electron chi connectivity index (χ0n) is 15.5. The number of methoxy groups -OCH3 is 2. The molecule has 1 aromatic heterocycles. The van der Waals surface area contributed by atoms with Crippen LogP contribution in [0, 0.1) is 6.92 Å². The predicted molar refractivity (Wildman–Crippen MR) is 96.4 cm³/mol. The van der Waals surface area contributed by atoms with Gasteiger partial charge in [-0.15, -0.1) is 0 Å². The van der Waals surface area contributed by atoms with Crippen molar-refractivity contribution in [2.75, 3.05) is 14.2 Å². The van der Waals surface area contributed by atoms with Gasteiger partial charge in [0.25, 0.3) is 0 Å². The van der Waals surface area contributed by atoms with Crippen LogP contribution in [-0.2, 0) is 19.1 Å². The van der Waals surface area contributed by atoms with Crippen molar-refractivity contribution in [2.24, 2.45) is 0 Å². The molecule has 27 heavy (non-hydrogen) atoms. The van der Waals surface area contributed by atoms with Gasteiger partial charge in [-0.1, -0.05) is 11.6 Å². The molecule has 2 rings (SSSR count). The zero-order chi connectivity index (χ0) is 20.3. The molecule has 0 bridgehead atoms. The van der Waals surface area contributed by atoms with Gasteiger partial charge in [-0.2, -0.15) is 0 Å². The summed E-state index contributed by atoms with van der Waals surface area (Å²) in [6.07, 6.45) is -1.87. The molecule has 8 nitrogen and oxygen atoms in total. The molecule has 0 N–H and O–H groups in total. The molecule has 0 aliphatic heterocycles. The van der Waals surface area contributed by atoms with E-state index >= 15 is 0 Å². The van der Waals surface area contributed by atoms with Gasteiger partial charge in [0.05, 0.1) is 19.6 Å². The lowest BCUT2D eigenvalue weighted by atomic mass is 10.1. The minimum atomic E-state index is -0.948. The average molecular weight is 399 g/mol. The van der Waals surface area contributed by atoms with Crippen molar-refractivity contribution in [2.45, 2.75) is 33.0 Å². The number of aryl methyl sites for hydroxylation is 1. The molecule has 9 heteroatoms. The SMILES string of the molecule is COC(=O)[C@H](C)Oc1cc(O[C@@H](C)C(=O)OC)c2c(C)c(Cl)c(=O)oc2c1. The average Bonchev–Trinajstić information content (AvgIpc) is 2.64. The van der Waals surface area contributed by atoms with E-state index in [4.69, 9.17) is 25.5 Å². The number of rotatable bonds is 6. The number of ether oxygens (including phenoxy) is 4. The minimum absolute atomic E-state index is 0.102. The Balaban J connectivity index is 2.61. The molecule has 2 aromatic rings. The van der Waals surface area contributed by atoms with Gasteiger partial charge in [-0.25, -0.2) is 14.4 Å². The summed E-state index contributed by atoms with van der Waals surface area (Å²) in [5, 5.41) is 0.295. The Morgan fingerprint density at radius 2 is 1.59 bits per heavy atom. The molecule has 0 saturated carbocycles. The van der Waals surface area contributed by atoms with Crippen LogP contribution in [0.5, 0.6) is 11.5 Å². The number of carbonyl (C=O) groups is 2. The van der Waals surface area contributed by atoms with Gasteiger partial charge in [0, 0.05) is 12.1 Å². The minimum Gasteiger partial charge on any atom is -0.479 e. The van der Waals surface area contributed by atoms with E-state index in [-0.39, 0.29) is 22.1 Å². The van der Waals surface area contributed by atoms with Crippen molar-refractivity contribution in [1.82, 2.24) is 0 Å². The molecule has 1 aromatic carbocycles. The number of carbonyl (C=O) groups excluding carboxylic acids is 2. The van der Waals surface area contributed by atoms with Gasteiger partial charge in [0.2, 0.25) is 0 Å². The van der Waals surface area contributed by atoms with Crippen molar-refractivity contribution in [3.63, 3.8) is 0 Å². The monoisotopic (exact) mass is 398 g/mol. The molecule has 0 spiro atoms. The van der Waals surface area contributed by atoms with E-state index in [1.54, 1.807) is 6.92 Å². The summed E-state index contributed by atoms with van der Waals surface area (Å²) in [5.74, 6) is -0.828. The van der Waals surface area contributed by atoms with Crippen LogP contribution in [0.3, 0.4) is 0 Å². The molecule has 0 amide bonds. The van der Waals surface area contributed by atoms with E-state index in [1.165, 1.54) is 40.2 Å². The van der Waals surface area contributed by atoms with Gasteiger partial charge in [-0.3, -0.25) is 0 Å². The Hall–Kier alpha value is -2.74. The van der Waals surface area contributed by atoms with E-state index in [9.17, 15) is 14.4 Å². The third-order valence-corrected chi connectivity index (χ3v) is 4.25. The number of hydrogen-bond donors (Lipinski definition) is 0. The van der Waals surface area contributed by atoms with Crippen LogP contribution >= 0.6 is 11.6 Å². The molecule has 2 atom stereocenters. The fraction of sp³-hybridized carbons (Fsp3) is 0.389. The number of halogens is 1. The fourth-order valence-corrected chi connectivity index (χ4v) is 2.54. The quantitative estimate of drug-likeness (QED) is 0.540. The molecule has 146 valence electrons. The maximum absolute atomic E-state index is 11.9. The van der Waals surface area contributed by atoms with Crippen molar-refractivity contribution in [3.8, 4) is 11.5 Å². The van der Waals surface area contributed by atoms with Crippen LogP contribution in [0.25, 0.3) is 11.0 Å². The second kappa shape index (κ2) is 8.30. The topological polar surface area (TPSA) is 101 Å². The summed E-state index contributed by atoms with van der Waals surface area (Å²) in [6, 6.07) is 2.89. The first-order chi connectivity index (χ1) is 12.7. The lowest BCUT2D eigenvalue weighted by molar-refractivity contribution is -0.148. The summed E-state index contributed by atoms with van der Waals surface area (Å²) < 4.78 is 25.7. The molecule has 0 radical (unpaired) electrons. The Morgan fingerprint density at radius 3 is 2.15 bits per heavy atom. The smallest absolute Gasteiger partial charge is 0.355 e. The second-order valence-electron chi connectivity index (χ2n) is 5.69. The highest BCUT2D eigenvalue weighted by atomic mass is 35.5. The highest BCUT2D eigenvalue weighted by Gasteiger charge is 2.22. The van der Waals surface area contributed by atoms with E-state index in [0.29, 0.717) is 10.9 Å². The molecule has 0 aliphatic rings. The van der Waals surface area contributed by atoms with Crippen LogP contribution in [0.2, 0.25) is 5.02 Å². The van der Waals surface area contributed by atoms with Crippen LogP contribution < -0.4 is 15.1 Å². The lowest BCUT2D eigenvalue weighted by Crippen LogP contribution is -2.26. The van der Waals surface area contributed by atoms with E-state index < -0.39 is 29.8 Å². The first-order valence-electron chi connectivity index (χ1n) is 7.95. The van der Waals surface area contributed by atoms with Crippen molar-refractivity contribution < 1.29 is 33.0 Å². The summed E-state index contributed by atoms with van der Waals surface area (Å²) in [5.41, 5.74) is -0.183. The predicted octanol–water partition coefficient (Wildman–Crippen LogP) is 2.64. The molecular weight excluding hydrogens is 380 g/mol. The van der Waals surface area contributed by atoms with Crippen molar-refractivity contribution in [3.05, 3.63) is 33.1 Å². The molecule has 0 unspecified atom stereocenters. The summed E-state index contributed by atoms with van der Waals surface area (Å²) in [6.45, 7) is 4.62. The van der Waals surface area contributed by atoms with Crippen LogP contribution in [0.15, 0.2) is 21.3 Å². The molecule has 0 saturated heterocycles. The maximum atomic E-state index is 11.9. The first kappa shape index (κ1) is 20.6. The van der Waals surface area contributed by atoms with Crippen LogP contribution in [-0.4, -0.2) is 38.4 Å². The van der Waals surface area contributed by atoms with E-state index in [1.807, 2.05) is 0 Å². The zero-order valence-corrected chi connectivity index (χ0v) is 16.2. The van der Waals surface area contributed by atoms with Gasteiger partial charge >= 0.3 is 17.6 Å². The summed E-state index contributed by atoms with van der Waals surface area (Å²) in [4.78, 5) is 35.2. The van der Waals surface area contributed by atoms with Crippen molar-refractivity contribution >= 4 is 34.5 Å². The van der Waals surface area contributed by atoms with Crippen LogP contribution in [0.1, 0.15) is 19.4 Å². The molecule has 0 fully saturated rings. The van der Waals surface area contributed by atoms with Crippen molar-refractivity contribution in [1.29, 1.82) is 0 Å². The Morgan fingerprint density at radius 1 is 1.04 bits per heavy atom. The normalized spacial score (nSPS) is 13.0. The van der Waals surface area contributed by atoms with E-state index in [2.05, 4.69) is 9.47 Å². The van der Waals surface area contributed by atoms with E-state index in [0.717, 1.165) is 0 Å². The molecular formula is C18H19ClO8. The first-order valence-corrected chi connectivity index (χ1v) is 8.33.